The summed E-state index contributed by atoms with van der Waals surface area (Å²) in [6.45, 7) is 3.00. The minimum absolute atomic E-state index is 0.0591. The molecule has 1 fully saturated rings. The van der Waals surface area contributed by atoms with Gasteiger partial charge in [0, 0.05) is 12.6 Å². The summed E-state index contributed by atoms with van der Waals surface area (Å²) in [6.07, 6.45) is -2.89. The van der Waals surface area contributed by atoms with Crippen LogP contribution in [0.15, 0.2) is 0 Å². The van der Waals surface area contributed by atoms with Crippen LogP contribution in [0.1, 0.15) is 26.7 Å². The molecule has 3 nitrogen and oxygen atoms in total. The highest BCUT2D eigenvalue weighted by Gasteiger charge is 2.41. The smallest absolute Gasteiger partial charge is 0.330 e. The Bertz CT molecular complexity index is 312. The highest BCUT2D eigenvalue weighted by atomic mass is 19.3. The molecule has 1 amide bonds. The van der Waals surface area contributed by atoms with Crippen molar-refractivity contribution in [2.24, 2.45) is 5.92 Å². The Hall–Kier alpha value is -0.850. The second-order valence-electron chi connectivity index (χ2n) is 4.96. The van der Waals surface area contributed by atoms with Gasteiger partial charge in [0.1, 0.15) is 6.61 Å². The fourth-order valence-corrected chi connectivity index (χ4v) is 2.02. The summed E-state index contributed by atoms with van der Waals surface area (Å²) in [5.74, 6) is -3.93. The zero-order valence-corrected chi connectivity index (χ0v) is 11.0. The molecule has 19 heavy (non-hydrogen) atoms. The fourth-order valence-electron chi connectivity index (χ4n) is 2.02. The Morgan fingerprint density at radius 3 is 2.53 bits per heavy atom. The lowest BCUT2D eigenvalue weighted by Crippen LogP contribution is -2.36. The molecule has 0 unspecified atom stereocenters. The lowest BCUT2D eigenvalue weighted by molar-refractivity contribution is -0.167. The monoisotopic (exact) mass is 285 g/mol. The SMILES string of the molecule is C[C@@H]1CCN(C(=O)CCOCC(F)(F)C(F)F)[C@@H]1C. The normalized spacial score (nSPS) is 24.3. The molecule has 0 aromatic heterocycles. The van der Waals surface area contributed by atoms with E-state index in [1.165, 1.54) is 0 Å². The molecular weight excluding hydrogens is 266 g/mol. The third-order valence-corrected chi connectivity index (χ3v) is 3.53. The lowest BCUT2D eigenvalue weighted by Gasteiger charge is -2.23. The Kier molecular flexibility index (Phi) is 5.58. The molecule has 1 aliphatic rings. The number of hydrogen-bond donors (Lipinski definition) is 0. The number of hydrogen-bond acceptors (Lipinski definition) is 2. The Balaban J connectivity index is 2.25. The zero-order valence-electron chi connectivity index (χ0n) is 11.0. The number of halogens is 4. The van der Waals surface area contributed by atoms with Gasteiger partial charge in [-0.3, -0.25) is 4.79 Å². The number of alkyl halides is 4. The summed E-state index contributed by atoms with van der Waals surface area (Å²) in [7, 11) is 0. The first-order valence-electron chi connectivity index (χ1n) is 6.29. The lowest BCUT2D eigenvalue weighted by atomic mass is 10.1. The van der Waals surface area contributed by atoms with Crippen molar-refractivity contribution in [3.8, 4) is 0 Å². The van der Waals surface area contributed by atoms with Crippen LogP contribution in [0.2, 0.25) is 0 Å². The molecule has 0 N–H and O–H groups in total. The maximum atomic E-state index is 12.5. The van der Waals surface area contributed by atoms with Crippen molar-refractivity contribution >= 4 is 5.91 Å². The van der Waals surface area contributed by atoms with Gasteiger partial charge < -0.3 is 9.64 Å². The molecule has 0 aromatic rings. The van der Waals surface area contributed by atoms with E-state index in [2.05, 4.69) is 4.74 Å². The maximum absolute atomic E-state index is 12.5. The molecule has 0 radical (unpaired) electrons. The largest absolute Gasteiger partial charge is 0.374 e. The molecule has 1 aliphatic heterocycles. The predicted octanol–water partition coefficient (Wildman–Crippen LogP) is 2.55. The van der Waals surface area contributed by atoms with Crippen LogP contribution in [-0.4, -0.2) is 49.0 Å². The van der Waals surface area contributed by atoms with E-state index >= 15 is 0 Å². The molecule has 1 saturated heterocycles. The van der Waals surface area contributed by atoms with Gasteiger partial charge in [0.15, 0.2) is 0 Å². The van der Waals surface area contributed by atoms with Gasteiger partial charge in [-0.2, -0.15) is 8.78 Å². The van der Waals surface area contributed by atoms with Gasteiger partial charge in [-0.1, -0.05) is 6.92 Å². The summed E-state index contributed by atoms with van der Waals surface area (Å²) in [5, 5.41) is 0. The Morgan fingerprint density at radius 1 is 1.42 bits per heavy atom. The van der Waals surface area contributed by atoms with Crippen molar-refractivity contribution in [3.05, 3.63) is 0 Å². The molecular formula is C12H19F4NO2. The first-order chi connectivity index (χ1) is 8.75. The van der Waals surface area contributed by atoms with Crippen LogP contribution < -0.4 is 0 Å². The van der Waals surface area contributed by atoms with E-state index in [0.717, 1.165) is 6.42 Å². The van der Waals surface area contributed by atoms with E-state index in [0.29, 0.717) is 12.5 Å². The average Bonchev–Trinajstić information content (AvgIpc) is 2.65. The van der Waals surface area contributed by atoms with Gasteiger partial charge in [-0.05, 0) is 19.3 Å². The van der Waals surface area contributed by atoms with E-state index in [4.69, 9.17) is 0 Å². The quantitative estimate of drug-likeness (QED) is 0.554. The van der Waals surface area contributed by atoms with Crippen LogP contribution in [0, 0.1) is 5.92 Å². The van der Waals surface area contributed by atoms with Crippen LogP contribution in [-0.2, 0) is 9.53 Å². The zero-order chi connectivity index (χ0) is 14.6. The molecule has 0 bridgehead atoms. The molecule has 2 atom stereocenters. The highest BCUT2D eigenvalue weighted by molar-refractivity contribution is 5.76. The number of ether oxygens (including phenoxy) is 1. The second kappa shape index (κ2) is 6.54. The first-order valence-corrected chi connectivity index (χ1v) is 6.29. The van der Waals surface area contributed by atoms with Gasteiger partial charge in [0.25, 0.3) is 0 Å². The molecule has 0 saturated carbocycles. The van der Waals surface area contributed by atoms with Crippen molar-refractivity contribution in [2.75, 3.05) is 19.8 Å². The Labute approximate surface area is 109 Å². The summed E-state index contributed by atoms with van der Waals surface area (Å²) in [5.41, 5.74) is 0. The number of likely N-dealkylation sites (tertiary alicyclic amines) is 1. The molecule has 0 spiro atoms. The third-order valence-electron chi connectivity index (χ3n) is 3.53. The first kappa shape index (κ1) is 16.2. The Morgan fingerprint density at radius 2 is 2.05 bits per heavy atom. The summed E-state index contributed by atoms with van der Waals surface area (Å²) in [6, 6.07) is 0.120. The van der Waals surface area contributed by atoms with Crippen molar-refractivity contribution in [3.63, 3.8) is 0 Å². The van der Waals surface area contributed by atoms with Crippen molar-refractivity contribution < 1.29 is 27.1 Å². The van der Waals surface area contributed by atoms with Gasteiger partial charge >= 0.3 is 12.3 Å². The minimum atomic E-state index is -4.15. The molecule has 0 aliphatic carbocycles. The molecule has 112 valence electrons. The van der Waals surface area contributed by atoms with Crippen molar-refractivity contribution in [1.82, 2.24) is 4.90 Å². The van der Waals surface area contributed by atoms with Gasteiger partial charge in [-0.25, -0.2) is 8.78 Å². The topological polar surface area (TPSA) is 29.5 Å². The fraction of sp³-hybridized carbons (Fsp3) is 0.917. The van der Waals surface area contributed by atoms with Crippen LogP contribution in [0.4, 0.5) is 17.6 Å². The van der Waals surface area contributed by atoms with Crippen LogP contribution >= 0.6 is 0 Å². The average molecular weight is 285 g/mol. The molecule has 0 aromatic carbocycles. The predicted molar refractivity (Wildman–Crippen MR) is 61.3 cm³/mol. The minimum Gasteiger partial charge on any atom is -0.374 e. The van der Waals surface area contributed by atoms with E-state index in [9.17, 15) is 22.4 Å². The van der Waals surface area contributed by atoms with E-state index in [1.54, 1.807) is 4.90 Å². The number of nitrogens with zero attached hydrogens (tertiary/aromatic N) is 1. The van der Waals surface area contributed by atoms with Crippen molar-refractivity contribution in [1.29, 1.82) is 0 Å². The van der Waals surface area contributed by atoms with Gasteiger partial charge in [0.2, 0.25) is 5.91 Å². The summed E-state index contributed by atoms with van der Waals surface area (Å²) < 4.78 is 53.2. The van der Waals surface area contributed by atoms with E-state index in [1.807, 2.05) is 13.8 Å². The third kappa shape index (κ3) is 4.33. The molecule has 1 rings (SSSR count). The maximum Gasteiger partial charge on any atom is 0.330 e. The molecule has 7 heteroatoms. The standard InChI is InChI=1S/C12H19F4NO2/c1-8-3-5-17(9(8)2)10(18)4-6-19-7-12(15,16)11(13)14/h8-9,11H,3-7H2,1-2H3/t8-,9-/m1/s1. The highest BCUT2D eigenvalue weighted by Crippen LogP contribution is 2.24. The number of carbonyl (C=O) groups is 1. The summed E-state index contributed by atoms with van der Waals surface area (Å²) >= 11 is 0. The summed E-state index contributed by atoms with van der Waals surface area (Å²) in [4.78, 5) is 13.4. The van der Waals surface area contributed by atoms with Crippen molar-refractivity contribution in [2.45, 2.75) is 45.1 Å². The van der Waals surface area contributed by atoms with Gasteiger partial charge in [0.05, 0.1) is 13.0 Å². The number of carbonyl (C=O) groups excluding carboxylic acids is 1. The molecule has 1 heterocycles. The number of rotatable bonds is 6. The van der Waals surface area contributed by atoms with Crippen LogP contribution in [0.25, 0.3) is 0 Å². The second-order valence-corrected chi connectivity index (χ2v) is 4.96. The number of amides is 1. The van der Waals surface area contributed by atoms with E-state index in [-0.39, 0.29) is 25.0 Å². The van der Waals surface area contributed by atoms with Gasteiger partial charge in [-0.15, -0.1) is 0 Å². The van der Waals surface area contributed by atoms with Crippen LogP contribution in [0.5, 0.6) is 0 Å². The van der Waals surface area contributed by atoms with E-state index < -0.39 is 19.0 Å². The van der Waals surface area contributed by atoms with Crippen LogP contribution in [0.3, 0.4) is 0 Å².